The topological polar surface area (TPSA) is 110 Å². The summed E-state index contributed by atoms with van der Waals surface area (Å²) >= 11 is 0. The second kappa shape index (κ2) is 11.7. The number of hydrogen-bond donors (Lipinski definition) is 1. The predicted octanol–water partition coefficient (Wildman–Crippen LogP) is 3.78. The van der Waals surface area contributed by atoms with Crippen LogP contribution < -0.4 is 9.62 Å². The fourth-order valence-electron chi connectivity index (χ4n) is 3.12. The number of aryl methyl sites for hydroxylation is 1. The first-order valence-electron chi connectivity index (χ1n) is 10.1. The number of nitro benzene ring substituents is 1. The van der Waals surface area contributed by atoms with Crippen LogP contribution >= 0.6 is 0 Å². The highest BCUT2D eigenvalue weighted by molar-refractivity contribution is 7.92. The third-order valence-corrected chi connectivity index (χ3v) is 6.15. The highest BCUT2D eigenvalue weighted by atomic mass is 32.2. The van der Waals surface area contributed by atoms with Crippen molar-refractivity contribution < 1.29 is 18.1 Å². The van der Waals surface area contributed by atoms with Gasteiger partial charge in [0.05, 0.1) is 16.9 Å². The van der Waals surface area contributed by atoms with Crippen molar-refractivity contribution in [1.29, 1.82) is 0 Å². The van der Waals surface area contributed by atoms with E-state index in [-0.39, 0.29) is 30.2 Å². The molecule has 1 amide bonds. The first-order chi connectivity index (χ1) is 13.6. The summed E-state index contributed by atoms with van der Waals surface area (Å²) in [4.78, 5) is 22.6. The number of carbonyl (C=O) groups is 1. The van der Waals surface area contributed by atoms with E-state index in [2.05, 4.69) is 19.2 Å². The molecule has 1 N–H and O–H groups in total. The number of amides is 1. The first kappa shape index (κ1) is 24.9. The van der Waals surface area contributed by atoms with Gasteiger partial charge in [0.2, 0.25) is 15.9 Å². The standard InChI is InChI=1S/C20H33N3O5S/c1-5-7-9-17(6-2)15-21-20(24)10-8-13-22(29(4,27)28)19-14-18(23(25)26)12-11-16(19)3/h11-12,14,17H,5-10,13,15H2,1-4H3,(H,21,24)/t17-/m1/s1. The average Bonchev–Trinajstić information content (AvgIpc) is 2.65. The molecule has 164 valence electrons. The van der Waals surface area contributed by atoms with Gasteiger partial charge < -0.3 is 5.32 Å². The molecule has 0 aliphatic rings. The van der Waals surface area contributed by atoms with E-state index in [1.807, 2.05) is 0 Å². The van der Waals surface area contributed by atoms with Crippen LogP contribution in [0, 0.1) is 23.0 Å². The van der Waals surface area contributed by atoms with Crippen molar-refractivity contribution in [2.45, 2.75) is 59.3 Å². The molecule has 0 saturated carbocycles. The monoisotopic (exact) mass is 427 g/mol. The maximum Gasteiger partial charge on any atom is 0.271 e. The second-order valence-electron chi connectivity index (χ2n) is 7.39. The van der Waals surface area contributed by atoms with E-state index in [9.17, 15) is 23.3 Å². The van der Waals surface area contributed by atoms with Gasteiger partial charge in [-0.25, -0.2) is 8.42 Å². The lowest BCUT2D eigenvalue weighted by Gasteiger charge is -2.24. The third-order valence-electron chi connectivity index (χ3n) is 4.97. The van der Waals surface area contributed by atoms with Crippen LogP contribution in [-0.4, -0.2) is 38.6 Å². The fourth-order valence-corrected chi connectivity index (χ4v) is 4.13. The van der Waals surface area contributed by atoms with Crippen LogP contribution in [0.5, 0.6) is 0 Å². The SMILES string of the molecule is CCCC[C@@H](CC)CNC(=O)CCCN(c1cc([N+](=O)[O-])ccc1C)S(C)(=O)=O. The van der Waals surface area contributed by atoms with E-state index in [4.69, 9.17) is 0 Å². The summed E-state index contributed by atoms with van der Waals surface area (Å²) in [5.74, 6) is 0.350. The Morgan fingerprint density at radius 2 is 1.97 bits per heavy atom. The van der Waals surface area contributed by atoms with Gasteiger partial charge in [0.25, 0.3) is 5.69 Å². The van der Waals surface area contributed by atoms with E-state index < -0.39 is 14.9 Å². The summed E-state index contributed by atoms with van der Waals surface area (Å²) in [6.07, 6.45) is 5.94. The highest BCUT2D eigenvalue weighted by Crippen LogP contribution is 2.27. The van der Waals surface area contributed by atoms with Crippen molar-refractivity contribution in [3.8, 4) is 0 Å². The molecule has 0 unspecified atom stereocenters. The van der Waals surface area contributed by atoms with Crippen LogP contribution in [0.15, 0.2) is 18.2 Å². The molecule has 1 aromatic carbocycles. The van der Waals surface area contributed by atoms with Crippen LogP contribution in [0.25, 0.3) is 0 Å². The number of nitrogens with zero attached hydrogens (tertiary/aromatic N) is 2. The Labute approximate surface area is 173 Å². The lowest BCUT2D eigenvalue weighted by Crippen LogP contribution is -2.33. The zero-order valence-electron chi connectivity index (χ0n) is 17.8. The summed E-state index contributed by atoms with van der Waals surface area (Å²) in [7, 11) is -3.64. The Balaban J connectivity index is 2.72. The maximum atomic E-state index is 12.3. The Hall–Kier alpha value is -2.16. The molecule has 1 rings (SSSR count). The molecule has 0 radical (unpaired) electrons. The Bertz CT molecular complexity index is 795. The van der Waals surface area contributed by atoms with E-state index in [1.165, 1.54) is 18.2 Å². The number of rotatable bonds is 13. The average molecular weight is 428 g/mol. The molecule has 1 atom stereocenters. The van der Waals surface area contributed by atoms with Gasteiger partial charge in [0.1, 0.15) is 0 Å². The normalized spacial score (nSPS) is 12.4. The van der Waals surface area contributed by atoms with Crippen molar-refractivity contribution in [2.24, 2.45) is 5.92 Å². The van der Waals surface area contributed by atoms with Crippen molar-refractivity contribution in [2.75, 3.05) is 23.7 Å². The van der Waals surface area contributed by atoms with Gasteiger partial charge in [-0.1, -0.05) is 39.2 Å². The summed E-state index contributed by atoms with van der Waals surface area (Å²) in [5, 5.41) is 14.0. The molecule has 0 aliphatic heterocycles. The number of nitro groups is 1. The van der Waals surface area contributed by atoms with E-state index in [1.54, 1.807) is 6.92 Å². The Morgan fingerprint density at radius 3 is 2.52 bits per heavy atom. The Morgan fingerprint density at radius 1 is 1.28 bits per heavy atom. The lowest BCUT2D eigenvalue weighted by atomic mass is 9.99. The van der Waals surface area contributed by atoms with Crippen LogP contribution in [0.4, 0.5) is 11.4 Å². The number of unbranched alkanes of at least 4 members (excludes halogenated alkanes) is 1. The van der Waals surface area contributed by atoms with Crippen molar-refractivity contribution in [3.63, 3.8) is 0 Å². The number of sulfonamides is 1. The van der Waals surface area contributed by atoms with Crippen LogP contribution in [0.1, 0.15) is 57.9 Å². The molecule has 0 bridgehead atoms. The highest BCUT2D eigenvalue weighted by Gasteiger charge is 2.22. The molecular weight excluding hydrogens is 394 g/mol. The summed E-state index contributed by atoms with van der Waals surface area (Å²) in [6, 6.07) is 4.13. The zero-order chi connectivity index (χ0) is 22.0. The predicted molar refractivity (Wildman–Crippen MR) is 116 cm³/mol. The zero-order valence-corrected chi connectivity index (χ0v) is 18.6. The van der Waals surface area contributed by atoms with Gasteiger partial charge in [-0.2, -0.15) is 0 Å². The van der Waals surface area contributed by atoms with Gasteiger partial charge in [-0.3, -0.25) is 19.2 Å². The second-order valence-corrected chi connectivity index (χ2v) is 9.29. The van der Waals surface area contributed by atoms with Crippen LogP contribution in [0.3, 0.4) is 0 Å². The molecule has 29 heavy (non-hydrogen) atoms. The van der Waals surface area contributed by atoms with Crippen LogP contribution in [0.2, 0.25) is 0 Å². The van der Waals surface area contributed by atoms with Crippen molar-refractivity contribution in [3.05, 3.63) is 33.9 Å². The number of anilines is 1. The first-order valence-corrected chi connectivity index (χ1v) is 11.9. The molecule has 1 aromatic rings. The minimum Gasteiger partial charge on any atom is -0.356 e. The number of non-ortho nitro benzene ring substituents is 1. The summed E-state index contributed by atoms with van der Waals surface area (Å²) in [6.45, 7) is 6.67. The minimum atomic E-state index is -3.64. The van der Waals surface area contributed by atoms with Gasteiger partial charge in [0.15, 0.2) is 0 Å². The summed E-state index contributed by atoms with van der Waals surface area (Å²) in [5.41, 5.74) is 0.717. The largest absolute Gasteiger partial charge is 0.356 e. The Kier molecular flexibility index (Phi) is 10.1. The number of hydrogen-bond acceptors (Lipinski definition) is 5. The molecule has 9 heteroatoms. The summed E-state index contributed by atoms with van der Waals surface area (Å²) < 4.78 is 25.6. The number of nitrogens with one attached hydrogen (secondary N) is 1. The lowest BCUT2D eigenvalue weighted by molar-refractivity contribution is -0.384. The molecule has 0 aromatic heterocycles. The quantitative estimate of drug-likeness (QED) is 0.380. The van der Waals surface area contributed by atoms with Crippen molar-refractivity contribution in [1.82, 2.24) is 5.32 Å². The molecule has 0 spiro atoms. The van der Waals surface area contributed by atoms with Crippen LogP contribution in [-0.2, 0) is 14.8 Å². The molecule has 8 nitrogen and oxygen atoms in total. The molecule has 0 saturated heterocycles. The fraction of sp³-hybridized carbons (Fsp3) is 0.650. The van der Waals surface area contributed by atoms with E-state index in [0.717, 1.165) is 36.2 Å². The van der Waals surface area contributed by atoms with Crippen molar-refractivity contribution >= 4 is 27.3 Å². The van der Waals surface area contributed by atoms with Gasteiger partial charge in [-0.15, -0.1) is 0 Å². The van der Waals surface area contributed by atoms with Gasteiger partial charge in [-0.05, 0) is 31.2 Å². The smallest absolute Gasteiger partial charge is 0.271 e. The third kappa shape index (κ3) is 8.39. The molecular formula is C20H33N3O5S. The maximum absolute atomic E-state index is 12.3. The minimum absolute atomic E-state index is 0.0846. The number of carbonyl (C=O) groups excluding carboxylic acids is 1. The number of benzene rings is 1. The van der Waals surface area contributed by atoms with E-state index >= 15 is 0 Å². The van der Waals surface area contributed by atoms with Gasteiger partial charge in [0, 0.05) is 31.6 Å². The van der Waals surface area contributed by atoms with E-state index in [0.29, 0.717) is 24.4 Å². The molecule has 0 heterocycles. The molecule has 0 fully saturated rings. The molecule has 0 aliphatic carbocycles. The van der Waals surface area contributed by atoms with Gasteiger partial charge >= 0.3 is 0 Å².